The Morgan fingerprint density at radius 3 is 2.09 bits per heavy atom. The van der Waals surface area contributed by atoms with Gasteiger partial charge in [0.05, 0.1) is 30.7 Å². The molecular formula is C32H57N5O7. The van der Waals surface area contributed by atoms with Gasteiger partial charge in [-0.3, -0.25) is 24.5 Å². The number of nitrogens with zero attached hydrogens (tertiary/aromatic N) is 5. The summed E-state index contributed by atoms with van der Waals surface area (Å²) in [7, 11) is 13.3. The zero-order valence-electron chi connectivity index (χ0n) is 28.3. The molecule has 2 rings (SSSR count). The second-order valence-corrected chi connectivity index (χ2v) is 12.3. The molecule has 0 aromatic carbocycles. The molecule has 0 aliphatic heterocycles. The Kier molecular flexibility index (Phi) is 16.7. The normalized spacial score (nSPS) is 25.4. The third-order valence-electron chi connectivity index (χ3n) is 8.24. The zero-order valence-corrected chi connectivity index (χ0v) is 28.3. The van der Waals surface area contributed by atoms with Gasteiger partial charge in [0.1, 0.15) is 6.10 Å². The van der Waals surface area contributed by atoms with Gasteiger partial charge in [0.25, 0.3) is 0 Å². The number of hydrogen-bond donors (Lipinski definition) is 4. The van der Waals surface area contributed by atoms with Crippen LogP contribution in [0.15, 0.2) is 33.8 Å². The molecule has 2 aliphatic carbocycles. The molecule has 4 N–H and O–H groups in total. The molecule has 44 heavy (non-hydrogen) atoms. The lowest BCUT2D eigenvalue weighted by atomic mass is 9.66. The number of aliphatic carboxylic acids is 1. The summed E-state index contributed by atoms with van der Waals surface area (Å²) in [5.74, 6) is 0.439. The molecule has 0 saturated carbocycles. The number of rotatable bonds is 10. The van der Waals surface area contributed by atoms with E-state index >= 15 is 0 Å². The summed E-state index contributed by atoms with van der Waals surface area (Å²) >= 11 is 0. The summed E-state index contributed by atoms with van der Waals surface area (Å²) in [5, 5.41) is 39.1. The second-order valence-electron chi connectivity index (χ2n) is 12.3. The van der Waals surface area contributed by atoms with E-state index in [0.717, 1.165) is 17.5 Å². The van der Waals surface area contributed by atoms with Crippen molar-refractivity contribution in [1.82, 2.24) is 14.7 Å². The van der Waals surface area contributed by atoms with Gasteiger partial charge in [-0.2, -0.15) is 0 Å². The number of esters is 1. The summed E-state index contributed by atoms with van der Waals surface area (Å²) in [6, 6.07) is 0. The molecule has 0 heterocycles. The predicted molar refractivity (Wildman–Crippen MR) is 173 cm³/mol. The summed E-state index contributed by atoms with van der Waals surface area (Å²) in [5.41, 5.74) is 0.958. The molecule has 0 saturated heterocycles. The molecule has 252 valence electrons. The van der Waals surface area contributed by atoms with Crippen LogP contribution in [0.5, 0.6) is 0 Å². The van der Waals surface area contributed by atoms with Gasteiger partial charge in [-0.1, -0.05) is 39.0 Å². The highest BCUT2D eigenvalue weighted by molar-refractivity contribution is 5.97. The Morgan fingerprint density at radius 1 is 1.05 bits per heavy atom. The highest BCUT2D eigenvalue weighted by atomic mass is 16.5. The second kappa shape index (κ2) is 18.8. The van der Waals surface area contributed by atoms with Crippen LogP contribution in [-0.2, 0) is 14.3 Å². The largest absolute Gasteiger partial charge is 0.481 e. The molecule has 0 bridgehead atoms. The highest BCUT2D eigenvalue weighted by Crippen LogP contribution is 2.44. The average molecular weight is 624 g/mol. The topological polar surface area (TPSA) is 159 Å². The minimum Gasteiger partial charge on any atom is -0.481 e. The fourth-order valence-electron chi connectivity index (χ4n) is 5.91. The Hall–Kier alpha value is -2.96. The number of aliphatic hydroxyl groups is 3. The number of guanidine groups is 2. The number of carbonyl (C=O) groups is 2. The average Bonchev–Trinajstić information content (AvgIpc) is 2.92. The van der Waals surface area contributed by atoms with Gasteiger partial charge in [-0.25, -0.2) is 0 Å². The third kappa shape index (κ3) is 11.9. The number of carbonyl (C=O) groups excluding carboxylic acids is 1. The van der Waals surface area contributed by atoms with Crippen LogP contribution < -0.4 is 0 Å². The first kappa shape index (κ1) is 39.1. The Bertz CT molecular complexity index is 1020. The van der Waals surface area contributed by atoms with E-state index in [-0.39, 0.29) is 42.5 Å². The van der Waals surface area contributed by atoms with Crippen LogP contribution in [0.3, 0.4) is 0 Å². The molecule has 12 heteroatoms. The molecule has 0 spiro atoms. The zero-order chi connectivity index (χ0) is 33.7. The predicted octanol–water partition coefficient (Wildman–Crippen LogP) is 2.45. The lowest BCUT2D eigenvalue weighted by molar-refractivity contribution is -0.159. The number of fused-ring (bicyclic) bond motifs is 1. The molecule has 2 aliphatic rings. The van der Waals surface area contributed by atoms with E-state index in [1.807, 2.05) is 75.9 Å². The summed E-state index contributed by atoms with van der Waals surface area (Å²) in [6.07, 6.45) is 4.64. The molecular weight excluding hydrogens is 566 g/mol. The van der Waals surface area contributed by atoms with Crippen LogP contribution in [0, 0.1) is 23.7 Å². The molecule has 0 aromatic heterocycles. The Balaban J connectivity index is 0.000000582. The highest BCUT2D eigenvalue weighted by Gasteiger charge is 2.42. The minimum atomic E-state index is -1.10. The maximum atomic E-state index is 12.4. The molecule has 0 radical (unpaired) electrons. The van der Waals surface area contributed by atoms with Crippen molar-refractivity contribution in [2.24, 2.45) is 33.7 Å². The molecule has 0 amide bonds. The van der Waals surface area contributed by atoms with E-state index in [1.54, 1.807) is 14.1 Å². The van der Waals surface area contributed by atoms with Gasteiger partial charge in [-0.15, -0.1) is 0 Å². The smallest absolute Gasteiger partial charge is 0.308 e. The van der Waals surface area contributed by atoms with E-state index in [4.69, 9.17) is 9.84 Å². The maximum absolute atomic E-state index is 12.4. The summed E-state index contributed by atoms with van der Waals surface area (Å²) in [4.78, 5) is 37.4. The number of hydrogen-bond acceptors (Lipinski definition) is 8. The van der Waals surface area contributed by atoms with Crippen molar-refractivity contribution < 1.29 is 34.8 Å². The van der Waals surface area contributed by atoms with Gasteiger partial charge in [-0.05, 0) is 43.1 Å². The van der Waals surface area contributed by atoms with Crippen LogP contribution in [0.1, 0.15) is 59.3 Å². The van der Waals surface area contributed by atoms with Crippen LogP contribution in [-0.4, -0.2) is 133 Å². The van der Waals surface area contributed by atoms with Gasteiger partial charge >= 0.3 is 11.9 Å². The SMILES string of the molecule is CC[C@H](C)C(=O)O[C@H]1C[C@H](O)C=C2C=C[C@H](C)[C@H](CC[C@@H](O)C[C@@H](O)CC(=O)O)[C@H]21.CN=C(N(C)C)N(C)C(=NC)N(C)C. The van der Waals surface area contributed by atoms with Crippen LogP contribution in [0.25, 0.3) is 0 Å². The third-order valence-corrected chi connectivity index (χ3v) is 8.24. The standard InChI is InChI=1S/C23H36O7.C9H21N5/c1-4-13(2)23(29)30-20-11-17(25)9-15-6-5-14(3)19(22(15)20)8-7-16(24)10-18(26)12-21(27)28;1-10-8(12(3)4)14(7)9(11-2)13(5)6/h5-6,9,13-14,16-20,22,24-26H,4,7-8,10-12H2,1-3H3,(H,27,28);1-7H3/t13-,14-,16+,17+,18+,19-,20-,22-;/m0./s1. The van der Waals surface area contributed by atoms with Gasteiger partial charge in [0, 0.05) is 61.7 Å². The number of allylic oxidation sites excluding steroid dienone is 2. The van der Waals surface area contributed by atoms with Crippen molar-refractivity contribution in [2.75, 3.05) is 49.3 Å². The van der Waals surface area contributed by atoms with E-state index in [0.29, 0.717) is 25.7 Å². The van der Waals surface area contributed by atoms with Crippen molar-refractivity contribution >= 4 is 23.9 Å². The van der Waals surface area contributed by atoms with Gasteiger partial charge < -0.3 is 35.0 Å². The van der Waals surface area contributed by atoms with Crippen molar-refractivity contribution in [1.29, 1.82) is 0 Å². The van der Waals surface area contributed by atoms with E-state index < -0.39 is 30.4 Å². The van der Waals surface area contributed by atoms with Crippen molar-refractivity contribution in [2.45, 2.75) is 83.7 Å². The van der Waals surface area contributed by atoms with Crippen LogP contribution >= 0.6 is 0 Å². The number of ether oxygens (including phenoxy) is 1. The lowest BCUT2D eigenvalue weighted by Gasteiger charge is -2.43. The van der Waals surface area contributed by atoms with Crippen molar-refractivity contribution in [3.63, 3.8) is 0 Å². The molecule has 0 aromatic rings. The number of aliphatic hydroxyl groups excluding tert-OH is 3. The van der Waals surface area contributed by atoms with Crippen molar-refractivity contribution in [3.8, 4) is 0 Å². The first-order chi connectivity index (χ1) is 20.6. The lowest BCUT2D eigenvalue weighted by Crippen LogP contribution is -2.47. The maximum Gasteiger partial charge on any atom is 0.308 e. The fraction of sp³-hybridized carbons (Fsp3) is 0.750. The Morgan fingerprint density at radius 2 is 1.61 bits per heavy atom. The van der Waals surface area contributed by atoms with Crippen LogP contribution in [0.4, 0.5) is 0 Å². The number of carboxylic acid groups (broad SMARTS) is 1. The van der Waals surface area contributed by atoms with Crippen molar-refractivity contribution in [3.05, 3.63) is 23.8 Å². The van der Waals surface area contributed by atoms with E-state index in [9.17, 15) is 24.9 Å². The molecule has 8 atom stereocenters. The first-order valence-corrected chi connectivity index (χ1v) is 15.5. The molecule has 12 nitrogen and oxygen atoms in total. The monoisotopic (exact) mass is 623 g/mol. The van der Waals surface area contributed by atoms with Crippen LogP contribution in [0.2, 0.25) is 0 Å². The van der Waals surface area contributed by atoms with E-state index in [2.05, 4.69) is 23.0 Å². The first-order valence-electron chi connectivity index (χ1n) is 15.5. The fourth-order valence-corrected chi connectivity index (χ4v) is 5.91. The summed E-state index contributed by atoms with van der Waals surface area (Å²) in [6.45, 7) is 5.85. The van der Waals surface area contributed by atoms with E-state index in [1.165, 1.54) is 0 Å². The Labute approximate surface area is 263 Å². The molecule has 0 unspecified atom stereocenters. The van der Waals surface area contributed by atoms with Gasteiger partial charge in [0.2, 0.25) is 11.9 Å². The minimum absolute atomic E-state index is 0.0156. The quantitative estimate of drug-likeness (QED) is 0.162. The molecule has 0 fully saturated rings. The number of carboxylic acids is 1. The number of aliphatic imine (C=N–C) groups is 2. The van der Waals surface area contributed by atoms with Gasteiger partial charge in [0.15, 0.2) is 0 Å². The summed E-state index contributed by atoms with van der Waals surface area (Å²) < 4.78 is 5.84.